The van der Waals surface area contributed by atoms with Gasteiger partial charge in [-0.25, -0.2) is 8.42 Å². The summed E-state index contributed by atoms with van der Waals surface area (Å²) >= 11 is 6.03. The highest BCUT2D eigenvalue weighted by Crippen LogP contribution is 2.18. The fraction of sp³-hybridized carbons (Fsp3) is 0.259. The second kappa shape index (κ2) is 12.7. The lowest BCUT2D eigenvalue weighted by atomic mass is 10.0. The molecule has 1 N–H and O–H groups in total. The molecule has 9 heteroatoms. The molecule has 0 aliphatic rings. The number of likely N-dealkylation sites (N-methyl/N-ethyl adjacent to an activating group) is 1. The van der Waals surface area contributed by atoms with Gasteiger partial charge in [-0.15, -0.1) is 0 Å². The molecule has 3 aromatic rings. The molecule has 3 rings (SSSR count). The molecule has 190 valence electrons. The molecule has 7 nitrogen and oxygen atoms in total. The second-order valence-corrected chi connectivity index (χ2v) is 10.9. The lowest BCUT2D eigenvalue weighted by molar-refractivity contribution is -0.141. The molecule has 0 spiro atoms. The standard InChI is InChI=1S/C27H30ClN3O4S/c1-29-27(33)25(17-21-9-5-3-6-10-21)31(19-23-13-15-24(28)16-14-23)26(32)20-30(36(2,34)35)18-22-11-7-4-8-12-22/h3-16,25H,17-20H2,1-2H3,(H,29,33)/t25-/m1/s1. The van der Waals surface area contributed by atoms with Crippen molar-refractivity contribution in [1.29, 1.82) is 0 Å². The summed E-state index contributed by atoms with van der Waals surface area (Å²) in [5, 5.41) is 3.20. The van der Waals surface area contributed by atoms with E-state index in [9.17, 15) is 18.0 Å². The molecule has 0 radical (unpaired) electrons. The molecule has 36 heavy (non-hydrogen) atoms. The Morgan fingerprint density at radius 1 is 0.833 bits per heavy atom. The average molecular weight is 528 g/mol. The number of halogens is 1. The zero-order valence-corrected chi connectivity index (χ0v) is 21.9. The first-order valence-corrected chi connectivity index (χ1v) is 13.7. The van der Waals surface area contributed by atoms with Gasteiger partial charge in [-0.05, 0) is 28.8 Å². The maximum absolute atomic E-state index is 13.7. The largest absolute Gasteiger partial charge is 0.357 e. The monoisotopic (exact) mass is 527 g/mol. The van der Waals surface area contributed by atoms with E-state index < -0.39 is 28.5 Å². The Bertz CT molecular complexity index is 1250. The molecule has 0 saturated heterocycles. The summed E-state index contributed by atoms with van der Waals surface area (Å²) in [6, 6.07) is 24.6. The maximum Gasteiger partial charge on any atom is 0.242 e. The fourth-order valence-corrected chi connectivity index (χ4v) is 4.68. The third kappa shape index (κ3) is 7.91. The highest BCUT2D eigenvalue weighted by atomic mass is 35.5. The number of carbonyl (C=O) groups is 2. The van der Waals surface area contributed by atoms with Crippen LogP contribution >= 0.6 is 11.6 Å². The first-order valence-electron chi connectivity index (χ1n) is 11.5. The van der Waals surface area contributed by atoms with Gasteiger partial charge in [-0.2, -0.15) is 4.31 Å². The molecule has 0 bridgehead atoms. The van der Waals surface area contributed by atoms with Gasteiger partial charge in [-0.3, -0.25) is 9.59 Å². The van der Waals surface area contributed by atoms with E-state index in [-0.39, 0.29) is 25.4 Å². The van der Waals surface area contributed by atoms with Crippen LogP contribution in [0.2, 0.25) is 5.02 Å². The van der Waals surface area contributed by atoms with Crippen molar-refractivity contribution in [2.24, 2.45) is 0 Å². The minimum Gasteiger partial charge on any atom is -0.357 e. The summed E-state index contributed by atoms with van der Waals surface area (Å²) in [6.07, 6.45) is 1.35. The molecule has 1 atom stereocenters. The van der Waals surface area contributed by atoms with Gasteiger partial charge in [0.2, 0.25) is 21.8 Å². The van der Waals surface area contributed by atoms with Crippen molar-refractivity contribution in [3.63, 3.8) is 0 Å². The van der Waals surface area contributed by atoms with Crippen molar-refractivity contribution in [2.45, 2.75) is 25.6 Å². The Morgan fingerprint density at radius 2 is 1.36 bits per heavy atom. The lowest BCUT2D eigenvalue weighted by Gasteiger charge is -2.33. The van der Waals surface area contributed by atoms with E-state index in [4.69, 9.17) is 11.6 Å². The summed E-state index contributed by atoms with van der Waals surface area (Å²) in [4.78, 5) is 28.2. The molecule has 2 amide bonds. The number of sulfonamides is 1. The van der Waals surface area contributed by atoms with Crippen LogP contribution in [0.15, 0.2) is 84.9 Å². The zero-order valence-electron chi connectivity index (χ0n) is 20.3. The van der Waals surface area contributed by atoms with Crippen LogP contribution < -0.4 is 5.32 Å². The molecule has 0 fully saturated rings. The number of amides is 2. The SMILES string of the molecule is CNC(=O)[C@@H](Cc1ccccc1)N(Cc1ccc(Cl)cc1)C(=O)CN(Cc1ccccc1)S(C)(=O)=O. The van der Waals surface area contributed by atoms with Gasteiger partial charge in [0.1, 0.15) is 6.04 Å². The van der Waals surface area contributed by atoms with E-state index in [0.717, 1.165) is 27.3 Å². The first-order chi connectivity index (χ1) is 17.2. The van der Waals surface area contributed by atoms with Crippen molar-refractivity contribution in [1.82, 2.24) is 14.5 Å². The summed E-state index contributed by atoms with van der Waals surface area (Å²) in [5.41, 5.74) is 2.40. The molecule has 3 aromatic carbocycles. The molecule has 0 aromatic heterocycles. The Hall–Kier alpha value is -3.20. The summed E-state index contributed by atoms with van der Waals surface area (Å²) in [5.74, 6) is -0.814. The molecule has 0 unspecified atom stereocenters. The number of nitrogens with one attached hydrogen (secondary N) is 1. The number of rotatable bonds is 11. The molecule has 0 aliphatic heterocycles. The Balaban J connectivity index is 1.95. The first kappa shape index (κ1) is 27.4. The lowest BCUT2D eigenvalue weighted by Crippen LogP contribution is -2.52. The predicted octanol–water partition coefficient (Wildman–Crippen LogP) is 3.49. The number of benzene rings is 3. The van der Waals surface area contributed by atoms with Gasteiger partial charge in [0.25, 0.3) is 0 Å². The highest BCUT2D eigenvalue weighted by molar-refractivity contribution is 7.88. The van der Waals surface area contributed by atoms with Crippen LogP contribution in [0.25, 0.3) is 0 Å². The van der Waals surface area contributed by atoms with Gasteiger partial charge >= 0.3 is 0 Å². The minimum absolute atomic E-state index is 0.0452. The summed E-state index contributed by atoms with van der Waals surface area (Å²) in [6.45, 7) is -0.239. The quantitative estimate of drug-likeness (QED) is 0.413. The van der Waals surface area contributed by atoms with E-state index in [1.54, 1.807) is 36.4 Å². The van der Waals surface area contributed by atoms with Crippen molar-refractivity contribution in [3.05, 3.63) is 107 Å². The second-order valence-electron chi connectivity index (χ2n) is 8.48. The molecule has 0 heterocycles. The van der Waals surface area contributed by atoms with Gasteiger partial charge in [0.05, 0.1) is 12.8 Å². The maximum atomic E-state index is 13.7. The molecule has 0 aliphatic carbocycles. The van der Waals surface area contributed by atoms with Gasteiger partial charge in [-0.1, -0.05) is 84.4 Å². The highest BCUT2D eigenvalue weighted by Gasteiger charge is 2.32. The zero-order chi connectivity index (χ0) is 26.1. The van der Waals surface area contributed by atoms with E-state index in [0.29, 0.717) is 5.02 Å². The molecule has 0 saturated carbocycles. The Morgan fingerprint density at radius 3 is 1.89 bits per heavy atom. The normalized spacial score (nSPS) is 12.2. The van der Waals surface area contributed by atoms with Crippen LogP contribution in [0.4, 0.5) is 0 Å². The van der Waals surface area contributed by atoms with Crippen molar-refractivity contribution in [2.75, 3.05) is 19.8 Å². The van der Waals surface area contributed by atoms with Crippen molar-refractivity contribution in [3.8, 4) is 0 Å². The topological polar surface area (TPSA) is 86.8 Å². The number of carbonyl (C=O) groups excluding carboxylic acids is 2. The minimum atomic E-state index is -3.71. The van der Waals surface area contributed by atoms with E-state index in [2.05, 4.69) is 5.32 Å². The van der Waals surface area contributed by atoms with Gasteiger partial charge < -0.3 is 10.2 Å². The smallest absolute Gasteiger partial charge is 0.242 e. The van der Waals surface area contributed by atoms with Crippen molar-refractivity contribution < 1.29 is 18.0 Å². The van der Waals surface area contributed by atoms with Gasteiger partial charge in [0.15, 0.2) is 0 Å². The molecular weight excluding hydrogens is 498 g/mol. The van der Waals surface area contributed by atoms with Crippen LogP contribution in [0.1, 0.15) is 16.7 Å². The van der Waals surface area contributed by atoms with Crippen LogP contribution in [-0.4, -0.2) is 55.3 Å². The summed E-state index contributed by atoms with van der Waals surface area (Å²) < 4.78 is 26.3. The van der Waals surface area contributed by atoms with Crippen LogP contribution in [0.3, 0.4) is 0 Å². The predicted molar refractivity (Wildman–Crippen MR) is 142 cm³/mol. The molecular formula is C27H30ClN3O4S. The van der Waals surface area contributed by atoms with E-state index in [1.165, 1.54) is 11.9 Å². The van der Waals surface area contributed by atoms with Crippen LogP contribution in [0, 0.1) is 0 Å². The number of nitrogens with zero attached hydrogens (tertiary/aromatic N) is 2. The number of hydrogen-bond acceptors (Lipinski definition) is 4. The summed E-state index contributed by atoms with van der Waals surface area (Å²) in [7, 11) is -2.20. The van der Waals surface area contributed by atoms with Crippen molar-refractivity contribution >= 4 is 33.4 Å². The fourth-order valence-electron chi connectivity index (χ4n) is 3.83. The van der Waals surface area contributed by atoms with E-state index >= 15 is 0 Å². The van der Waals surface area contributed by atoms with E-state index in [1.807, 2.05) is 48.5 Å². The number of hydrogen-bond donors (Lipinski definition) is 1. The Kier molecular flexibility index (Phi) is 9.64. The van der Waals surface area contributed by atoms with Gasteiger partial charge in [0, 0.05) is 31.6 Å². The third-order valence-corrected chi connectivity index (χ3v) is 7.21. The van der Waals surface area contributed by atoms with Crippen LogP contribution in [0.5, 0.6) is 0 Å². The third-order valence-electron chi connectivity index (χ3n) is 5.77. The average Bonchev–Trinajstić information content (AvgIpc) is 2.87. The Labute approximate surface area is 217 Å². The van der Waals surface area contributed by atoms with Crippen LogP contribution in [-0.2, 0) is 39.1 Å².